The van der Waals surface area contributed by atoms with Crippen LogP contribution in [0.4, 0.5) is 4.39 Å². The molecule has 6 nitrogen and oxygen atoms in total. The fourth-order valence-corrected chi connectivity index (χ4v) is 4.36. The predicted octanol–water partition coefficient (Wildman–Crippen LogP) is 4.38. The Morgan fingerprint density at radius 2 is 1.69 bits per heavy atom. The lowest BCUT2D eigenvalue weighted by Crippen LogP contribution is -2.48. The summed E-state index contributed by atoms with van der Waals surface area (Å²) >= 11 is 1.49. The minimum atomic E-state index is -4.67. The molecule has 5 N–H and O–H groups in total. The minimum absolute atomic E-state index is 0.253. The molecule has 0 aliphatic heterocycles. The highest BCUT2D eigenvalue weighted by Gasteiger charge is 2.28. The van der Waals surface area contributed by atoms with E-state index in [9.17, 15) is 14.1 Å². The zero-order chi connectivity index (χ0) is 23.2. The van der Waals surface area contributed by atoms with Gasteiger partial charge in [-0.3, -0.25) is 4.52 Å². The van der Waals surface area contributed by atoms with Gasteiger partial charge in [-0.25, -0.2) is 8.96 Å². The van der Waals surface area contributed by atoms with E-state index in [-0.39, 0.29) is 12.2 Å². The second kappa shape index (κ2) is 10.7. The predicted molar refractivity (Wildman–Crippen MR) is 123 cm³/mol. The van der Waals surface area contributed by atoms with Gasteiger partial charge in [-0.2, -0.15) is 0 Å². The van der Waals surface area contributed by atoms with Gasteiger partial charge in [-0.15, -0.1) is 0 Å². The number of rotatable bonds is 10. The van der Waals surface area contributed by atoms with Crippen molar-refractivity contribution < 1.29 is 28.4 Å². The molecular weight excluding hydrogens is 452 g/mol. The molecule has 0 aliphatic carbocycles. The van der Waals surface area contributed by atoms with Crippen LogP contribution in [-0.2, 0) is 15.5 Å². The van der Waals surface area contributed by atoms with E-state index < -0.39 is 26.6 Å². The standard InChI is InChI=1S/C23H25FNO5PS/c24-22-14-20(32-19-4-2-1-3-5-19)10-11-21(22)18-8-6-17(7-9-18)12-13-23(25,15-26)16-30-31(27,28)29/h1-11,14,26H,12-13,15-16,25H2,(H2,27,28,29). The zero-order valence-corrected chi connectivity index (χ0v) is 18.9. The highest BCUT2D eigenvalue weighted by molar-refractivity contribution is 7.99. The maximum atomic E-state index is 14.7. The van der Waals surface area contributed by atoms with Crippen molar-refractivity contribution in [1.29, 1.82) is 0 Å². The number of halogens is 1. The van der Waals surface area contributed by atoms with Crippen molar-refractivity contribution in [3.63, 3.8) is 0 Å². The Bertz CT molecular complexity index is 1080. The van der Waals surface area contributed by atoms with Crippen LogP contribution in [0.25, 0.3) is 11.1 Å². The molecule has 1 unspecified atom stereocenters. The van der Waals surface area contributed by atoms with Crippen molar-refractivity contribution in [3.8, 4) is 11.1 Å². The Hall–Kier alpha value is -2.03. The fourth-order valence-electron chi connectivity index (χ4n) is 3.07. The Morgan fingerprint density at radius 3 is 2.28 bits per heavy atom. The molecular formula is C23H25FNO5PS. The highest BCUT2D eigenvalue weighted by atomic mass is 32.2. The summed E-state index contributed by atoms with van der Waals surface area (Å²) in [7, 11) is -4.67. The van der Waals surface area contributed by atoms with Crippen LogP contribution >= 0.6 is 19.6 Å². The van der Waals surface area contributed by atoms with E-state index >= 15 is 0 Å². The first kappa shape index (κ1) is 24.6. The summed E-state index contributed by atoms with van der Waals surface area (Å²) in [5.74, 6) is -0.311. The second-order valence-electron chi connectivity index (χ2n) is 7.54. The average molecular weight is 477 g/mol. The van der Waals surface area contributed by atoms with Crippen LogP contribution < -0.4 is 5.73 Å². The van der Waals surface area contributed by atoms with Crippen LogP contribution in [0, 0.1) is 5.82 Å². The molecule has 0 amide bonds. The fraction of sp³-hybridized carbons (Fsp3) is 0.217. The van der Waals surface area contributed by atoms with Crippen molar-refractivity contribution in [3.05, 3.63) is 84.2 Å². The smallest absolute Gasteiger partial charge is 0.394 e. The summed E-state index contributed by atoms with van der Waals surface area (Å²) < 4.78 is 30.1. The third kappa shape index (κ3) is 7.25. The maximum absolute atomic E-state index is 14.7. The maximum Gasteiger partial charge on any atom is 0.469 e. The molecule has 9 heteroatoms. The first-order valence-electron chi connectivity index (χ1n) is 9.89. The summed E-state index contributed by atoms with van der Waals surface area (Å²) in [6.45, 7) is -0.950. The summed E-state index contributed by atoms with van der Waals surface area (Å²) in [5, 5.41) is 9.50. The number of hydrogen-bond donors (Lipinski definition) is 4. The number of aryl methyl sites for hydroxylation is 1. The number of nitrogens with two attached hydrogens (primary N) is 1. The van der Waals surface area contributed by atoms with Crippen LogP contribution in [0.2, 0.25) is 0 Å². The molecule has 170 valence electrons. The lowest BCUT2D eigenvalue weighted by Gasteiger charge is -2.27. The van der Waals surface area contributed by atoms with Gasteiger partial charge in [0.15, 0.2) is 0 Å². The van der Waals surface area contributed by atoms with Gasteiger partial charge in [0.25, 0.3) is 0 Å². The summed E-state index contributed by atoms with van der Waals surface area (Å²) in [4.78, 5) is 19.5. The number of phosphoric ester groups is 1. The van der Waals surface area contributed by atoms with Crippen LogP contribution in [0.5, 0.6) is 0 Å². The highest BCUT2D eigenvalue weighted by Crippen LogP contribution is 2.37. The van der Waals surface area contributed by atoms with Crippen LogP contribution in [0.15, 0.2) is 82.6 Å². The molecule has 0 fully saturated rings. The van der Waals surface area contributed by atoms with Crippen LogP contribution in [-0.4, -0.2) is 33.6 Å². The quantitative estimate of drug-likeness (QED) is 0.321. The molecule has 0 aliphatic rings. The zero-order valence-electron chi connectivity index (χ0n) is 17.2. The normalized spacial score (nSPS) is 13.7. The van der Waals surface area contributed by atoms with Crippen molar-refractivity contribution in [2.24, 2.45) is 5.73 Å². The third-order valence-corrected chi connectivity index (χ3v) is 6.39. The Kier molecular flexibility index (Phi) is 8.25. The van der Waals surface area contributed by atoms with E-state index in [4.69, 9.17) is 15.5 Å². The molecule has 0 heterocycles. The number of hydrogen-bond acceptors (Lipinski definition) is 5. The van der Waals surface area contributed by atoms with Crippen LogP contribution in [0.3, 0.4) is 0 Å². The largest absolute Gasteiger partial charge is 0.469 e. The minimum Gasteiger partial charge on any atom is -0.394 e. The van der Waals surface area contributed by atoms with Crippen molar-refractivity contribution in [1.82, 2.24) is 0 Å². The van der Waals surface area contributed by atoms with Gasteiger partial charge in [0, 0.05) is 15.4 Å². The third-order valence-electron chi connectivity index (χ3n) is 4.93. The summed E-state index contributed by atoms with van der Waals surface area (Å²) in [6.07, 6.45) is 0.708. The Labute approximate surface area is 190 Å². The topological polar surface area (TPSA) is 113 Å². The van der Waals surface area contributed by atoms with Gasteiger partial charge in [0.2, 0.25) is 0 Å². The van der Waals surface area contributed by atoms with Crippen molar-refractivity contribution in [2.45, 2.75) is 28.2 Å². The molecule has 0 radical (unpaired) electrons. The number of aliphatic hydroxyl groups excluding tert-OH is 1. The van der Waals surface area contributed by atoms with Gasteiger partial charge < -0.3 is 20.6 Å². The van der Waals surface area contributed by atoms with Gasteiger partial charge in [0.05, 0.1) is 18.8 Å². The first-order chi connectivity index (χ1) is 15.2. The lowest BCUT2D eigenvalue weighted by molar-refractivity contribution is 0.102. The first-order valence-corrected chi connectivity index (χ1v) is 12.2. The molecule has 0 aromatic heterocycles. The lowest BCUT2D eigenvalue weighted by atomic mass is 9.93. The monoisotopic (exact) mass is 477 g/mol. The van der Waals surface area contributed by atoms with Gasteiger partial charge >= 0.3 is 7.82 Å². The molecule has 3 rings (SSSR count). The van der Waals surface area contributed by atoms with E-state index in [2.05, 4.69) is 4.52 Å². The number of aliphatic hydroxyl groups is 1. The molecule has 3 aromatic carbocycles. The molecule has 0 saturated carbocycles. The van der Waals surface area contributed by atoms with Gasteiger partial charge in [0.1, 0.15) is 5.82 Å². The Morgan fingerprint density at radius 1 is 1.00 bits per heavy atom. The van der Waals surface area contributed by atoms with E-state index in [1.54, 1.807) is 18.2 Å². The van der Waals surface area contributed by atoms with Gasteiger partial charge in [-0.05, 0) is 48.2 Å². The molecule has 3 aromatic rings. The van der Waals surface area contributed by atoms with Crippen LogP contribution in [0.1, 0.15) is 12.0 Å². The van der Waals surface area contributed by atoms with E-state index in [1.807, 2.05) is 48.5 Å². The van der Waals surface area contributed by atoms with E-state index in [0.29, 0.717) is 12.0 Å². The summed E-state index contributed by atoms with van der Waals surface area (Å²) in [6, 6.07) is 22.2. The average Bonchev–Trinajstić information content (AvgIpc) is 2.77. The molecule has 0 spiro atoms. The SMILES string of the molecule is NC(CO)(CCc1ccc(-c2ccc(Sc3ccccc3)cc2F)cc1)COP(=O)(O)O. The van der Waals surface area contributed by atoms with Gasteiger partial charge in [-0.1, -0.05) is 60.3 Å². The Balaban J connectivity index is 1.64. The molecule has 0 saturated heterocycles. The summed E-state index contributed by atoms with van der Waals surface area (Å²) in [5.41, 5.74) is 6.83. The number of benzene rings is 3. The molecule has 1 atom stereocenters. The second-order valence-corrected chi connectivity index (χ2v) is 9.92. The van der Waals surface area contributed by atoms with Crippen molar-refractivity contribution in [2.75, 3.05) is 13.2 Å². The van der Waals surface area contributed by atoms with Crippen molar-refractivity contribution >= 4 is 19.6 Å². The van der Waals surface area contributed by atoms with E-state index in [1.165, 1.54) is 17.8 Å². The van der Waals surface area contributed by atoms with E-state index in [0.717, 1.165) is 20.9 Å². The molecule has 32 heavy (non-hydrogen) atoms. The molecule has 0 bridgehead atoms. The number of phosphoric acid groups is 1.